The van der Waals surface area contributed by atoms with Gasteiger partial charge in [0.25, 0.3) is 0 Å². The number of nitrogens with zero attached hydrogens (tertiary/aromatic N) is 2. The van der Waals surface area contributed by atoms with Crippen LogP contribution in [0.4, 0.5) is 15.3 Å². The molecule has 2 N–H and O–H groups in total. The highest BCUT2D eigenvalue weighted by Crippen LogP contribution is 2.18. The first-order valence-electron chi connectivity index (χ1n) is 9.41. The number of fused-ring (bicyclic) bond motifs is 1. The molecule has 1 aromatic carbocycles. The van der Waals surface area contributed by atoms with Crippen LogP contribution < -0.4 is 15.5 Å². The topological polar surface area (TPSA) is 104 Å². The van der Waals surface area contributed by atoms with Gasteiger partial charge in [-0.3, -0.25) is 4.79 Å². The van der Waals surface area contributed by atoms with Crippen LogP contribution in [0.2, 0.25) is 0 Å². The predicted octanol–water partition coefficient (Wildman–Crippen LogP) is 2.62. The summed E-state index contributed by atoms with van der Waals surface area (Å²) >= 11 is 0. The molecule has 0 unspecified atom stereocenters. The molecule has 0 aliphatic carbocycles. The van der Waals surface area contributed by atoms with E-state index in [2.05, 4.69) is 10.3 Å². The van der Waals surface area contributed by atoms with E-state index in [0.717, 1.165) is 0 Å². The fourth-order valence-corrected chi connectivity index (χ4v) is 3.03. The Morgan fingerprint density at radius 3 is 2.38 bits per heavy atom. The summed E-state index contributed by atoms with van der Waals surface area (Å²) in [7, 11) is 1.55. The first-order valence-corrected chi connectivity index (χ1v) is 9.41. The lowest BCUT2D eigenvalue weighted by Crippen LogP contribution is -2.52. The number of H-pyrrole nitrogens is 1. The number of aromatic amines is 1. The van der Waals surface area contributed by atoms with Crippen LogP contribution in [0.1, 0.15) is 20.8 Å². The third-order valence-electron chi connectivity index (χ3n) is 4.55. The smallest absolute Gasteiger partial charge is 0.410 e. The average Bonchev–Trinajstić information content (AvgIpc) is 2.68. The van der Waals surface area contributed by atoms with E-state index in [-0.39, 0.29) is 23.2 Å². The van der Waals surface area contributed by atoms with Crippen LogP contribution in [-0.2, 0) is 4.74 Å². The van der Waals surface area contributed by atoms with Crippen LogP contribution in [0.25, 0.3) is 10.9 Å². The summed E-state index contributed by atoms with van der Waals surface area (Å²) in [5, 5.41) is 3.12. The Morgan fingerprint density at radius 1 is 1.10 bits per heavy atom. The summed E-state index contributed by atoms with van der Waals surface area (Å²) in [6.07, 6.45) is 1.08. The highest BCUT2D eigenvalue weighted by Gasteiger charge is 2.28. The van der Waals surface area contributed by atoms with Crippen molar-refractivity contribution in [3.63, 3.8) is 0 Å². The van der Waals surface area contributed by atoms with E-state index in [1.807, 2.05) is 20.8 Å². The number of benzene rings is 1. The molecule has 3 rings (SSSR count). The minimum atomic E-state index is -0.563. The molecule has 1 saturated heterocycles. The maximum absolute atomic E-state index is 12.7. The lowest BCUT2D eigenvalue weighted by molar-refractivity contribution is 0.0174. The molecular formula is C20H26N4O5. The highest BCUT2D eigenvalue weighted by molar-refractivity contribution is 5.92. The fourth-order valence-electron chi connectivity index (χ4n) is 3.03. The van der Waals surface area contributed by atoms with E-state index in [0.29, 0.717) is 42.8 Å². The molecule has 156 valence electrons. The number of carbonyl (C=O) groups is 2. The third-order valence-corrected chi connectivity index (χ3v) is 4.55. The number of ether oxygens (including phenoxy) is 2. The van der Waals surface area contributed by atoms with Crippen molar-refractivity contribution >= 4 is 28.7 Å². The minimum absolute atomic E-state index is 0.169. The van der Waals surface area contributed by atoms with Crippen LogP contribution in [-0.4, -0.2) is 65.8 Å². The van der Waals surface area contributed by atoms with Gasteiger partial charge < -0.3 is 29.6 Å². The van der Waals surface area contributed by atoms with Gasteiger partial charge in [0, 0.05) is 43.8 Å². The van der Waals surface area contributed by atoms with Gasteiger partial charge in [-0.1, -0.05) is 0 Å². The summed E-state index contributed by atoms with van der Waals surface area (Å²) in [4.78, 5) is 43.5. The Balaban J connectivity index is 1.63. The number of piperazine rings is 1. The molecule has 9 nitrogen and oxygen atoms in total. The summed E-state index contributed by atoms with van der Waals surface area (Å²) < 4.78 is 10.5. The van der Waals surface area contributed by atoms with Gasteiger partial charge in [-0.2, -0.15) is 0 Å². The first-order chi connectivity index (χ1) is 13.7. The van der Waals surface area contributed by atoms with Crippen molar-refractivity contribution < 1.29 is 19.1 Å². The molecule has 1 aliphatic rings. The predicted molar refractivity (Wildman–Crippen MR) is 110 cm³/mol. The second kappa shape index (κ2) is 8.02. The first kappa shape index (κ1) is 20.5. The molecule has 0 bridgehead atoms. The molecule has 2 aromatic rings. The van der Waals surface area contributed by atoms with Gasteiger partial charge in [-0.15, -0.1) is 0 Å². The number of anilines is 1. The van der Waals surface area contributed by atoms with Crippen molar-refractivity contribution in [2.75, 3.05) is 38.6 Å². The zero-order valence-corrected chi connectivity index (χ0v) is 17.1. The molecule has 0 radical (unpaired) electrons. The number of aromatic nitrogens is 1. The van der Waals surface area contributed by atoms with Crippen LogP contribution >= 0.6 is 0 Å². The zero-order valence-electron chi connectivity index (χ0n) is 17.1. The number of amides is 3. The van der Waals surface area contributed by atoms with E-state index in [9.17, 15) is 14.4 Å². The average molecular weight is 402 g/mol. The van der Waals surface area contributed by atoms with E-state index in [1.54, 1.807) is 35.1 Å². The summed E-state index contributed by atoms with van der Waals surface area (Å²) in [6.45, 7) is 6.89. The molecule has 29 heavy (non-hydrogen) atoms. The molecular weight excluding hydrogens is 376 g/mol. The SMILES string of the molecule is COc1ccc2c(=O)c(NC(=O)N3CCN(C(=O)OC(C)(C)C)CC3)c[nH]c2c1. The van der Waals surface area contributed by atoms with Gasteiger partial charge in [0.15, 0.2) is 0 Å². The Hall–Kier alpha value is -3.23. The van der Waals surface area contributed by atoms with Crippen LogP contribution in [0.15, 0.2) is 29.2 Å². The number of carbonyl (C=O) groups excluding carboxylic acids is 2. The number of methoxy groups -OCH3 is 1. The van der Waals surface area contributed by atoms with E-state index in [4.69, 9.17) is 9.47 Å². The molecule has 1 aromatic heterocycles. The molecule has 3 amide bonds. The fraction of sp³-hybridized carbons (Fsp3) is 0.450. The highest BCUT2D eigenvalue weighted by atomic mass is 16.6. The quantitative estimate of drug-likeness (QED) is 0.804. The van der Waals surface area contributed by atoms with Crippen molar-refractivity contribution in [1.82, 2.24) is 14.8 Å². The normalized spacial score (nSPS) is 14.6. The maximum atomic E-state index is 12.7. The number of hydrogen-bond acceptors (Lipinski definition) is 5. The Morgan fingerprint density at radius 2 is 1.76 bits per heavy atom. The second-order valence-electron chi connectivity index (χ2n) is 7.83. The lowest BCUT2D eigenvalue weighted by atomic mass is 10.2. The van der Waals surface area contributed by atoms with Crippen LogP contribution in [0.3, 0.4) is 0 Å². The minimum Gasteiger partial charge on any atom is -0.497 e. The van der Waals surface area contributed by atoms with Gasteiger partial charge in [-0.05, 0) is 32.9 Å². The van der Waals surface area contributed by atoms with E-state index >= 15 is 0 Å². The van der Waals surface area contributed by atoms with E-state index < -0.39 is 5.60 Å². The van der Waals surface area contributed by atoms with Crippen LogP contribution in [0, 0.1) is 0 Å². The Kier molecular flexibility index (Phi) is 5.67. The molecule has 1 fully saturated rings. The molecule has 0 atom stereocenters. The summed E-state index contributed by atoms with van der Waals surface area (Å²) in [5.74, 6) is 0.632. The Bertz CT molecular complexity index is 971. The molecule has 1 aliphatic heterocycles. The van der Waals surface area contributed by atoms with Gasteiger partial charge in [-0.25, -0.2) is 9.59 Å². The summed E-state index contributed by atoms with van der Waals surface area (Å²) in [5.41, 5.74) is -0.0464. The van der Waals surface area contributed by atoms with Gasteiger partial charge in [0.05, 0.1) is 12.6 Å². The molecule has 2 heterocycles. The molecule has 0 spiro atoms. The number of nitrogens with one attached hydrogen (secondary N) is 2. The van der Waals surface area contributed by atoms with E-state index in [1.165, 1.54) is 6.20 Å². The lowest BCUT2D eigenvalue weighted by Gasteiger charge is -2.35. The molecule has 9 heteroatoms. The van der Waals surface area contributed by atoms with Crippen molar-refractivity contribution in [2.24, 2.45) is 0 Å². The van der Waals surface area contributed by atoms with Gasteiger partial charge in [0.1, 0.15) is 17.0 Å². The third kappa shape index (κ3) is 4.79. The van der Waals surface area contributed by atoms with Gasteiger partial charge >= 0.3 is 12.1 Å². The number of pyridine rings is 1. The number of hydrogen-bond donors (Lipinski definition) is 2. The largest absolute Gasteiger partial charge is 0.497 e. The monoisotopic (exact) mass is 402 g/mol. The number of rotatable bonds is 2. The van der Waals surface area contributed by atoms with Crippen molar-refractivity contribution in [3.05, 3.63) is 34.6 Å². The Labute approximate surface area is 168 Å². The standard InChI is InChI=1S/C20H26N4O5/c1-20(2,3)29-19(27)24-9-7-23(8-10-24)18(26)22-16-12-21-15-11-13(28-4)5-6-14(15)17(16)25/h5-6,11-12H,7-10H2,1-4H3,(H,21,25)(H,22,26). The zero-order chi connectivity index (χ0) is 21.2. The second-order valence-corrected chi connectivity index (χ2v) is 7.83. The maximum Gasteiger partial charge on any atom is 0.410 e. The van der Waals surface area contributed by atoms with Gasteiger partial charge in [0.2, 0.25) is 5.43 Å². The van der Waals surface area contributed by atoms with Crippen molar-refractivity contribution in [1.29, 1.82) is 0 Å². The van der Waals surface area contributed by atoms with Crippen molar-refractivity contribution in [3.8, 4) is 5.75 Å². The van der Waals surface area contributed by atoms with Crippen molar-refractivity contribution in [2.45, 2.75) is 26.4 Å². The van der Waals surface area contributed by atoms with Crippen LogP contribution in [0.5, 0.6) is 5.75 Å². The molecule has 0 saturated carbocycles. The number of urea groups is 1. The summed E-state index contributed by atoms with van der Waals surface area (Å²) in [6, 6.07) is 4.69.